The number of carbonyl (C=O) groups is 2. The number of aromatic nitrogens is 1. The fourth-order valence-corrected chi connectivity index (χ4v) is 1.57. The lowest BCUT2D eigenvalue weighted by molar-refractivity contribution is -0.141. The number of hydrogen-bond acceptors (Lipinski definition) is 5. The highest BCUT2D eigenvalue weighted by Gasteiger charge is 2.20. The first-order valence-corrected chi connectivity index (χ1v) is 6.28. The van der Waals surface area contributed by atoms with Crippen molar-refractivity contribution in [2.45, 2.75) is 18.9 Å². The number of carboxylic acid groups (broad SMARTS) is 1. The normalized spacial score (nSPS) is 11.8. The molecule has 0 radical (unpaired) electrons. The smallest absolute Gasteiger partial charge is 0.321 e. The monoisotopic (exact) mass is 281 g/mol. The van der Waals surface area contributed by atoms with Crippen LogP contribution in [-0.4, -0.2) is 48.3 Å². The Morgan fingerprint density at radius 3 is 2.90 bits per heavy atom. The Labute approximate surface area is 117 Å². The van der Waals surface area contributed by atoms with E-state index in [1.807, 2.05) is 0 Å². The maximum Gasteiger partial charge on any atom is 0.321 e. The van der Waals surface area contributed by atoms with Gasteiger partial charge >= 0.3 is 5.97 Å². The number of carboxylic acids is 1. The van der Waals surface area contributed by atoms with Crippen LogP contribution in [0.5, 0.6) is 0 Å². The summed E-state index contributed by atoms with van der Waals surface area (Å²) in [5.41, 5.74) is 0.543. The molecule has 0 saturated carbocycles. The van der Waals surface area contributed by atoms with Gasteiger partial charge in [-0.2, -0.15) is 0 Å². The number of anilines is 1. The molecule has 1 rings (SSSR count). The first kappa shape index (κ1) is 16.1. The van der Waals surface area contributed by atoms with E-state index in [0.29, 0.717) is 25.3 Å². The largest absolute Gasteiger partial charge is 0.480 e. The molecule has 20 heavy (non-hydrogen) atoms. The SMILES string of the molecule is COCCCN[C@@H](CC(=O)Nc1cccnc1)C(=O)O. The summed E-state index contributed by atoms with van der Waals surface area (Å²) in [6.45, 7) is 1.02. The van der Waals surface area contributed by atoms with Crippen LogP contribution < -0.4 is 10.6 Å². The van der Waals surface area contributed by atoms with Crippen LogP contribution in [0.15, 0.2) is 24.5 Å². The summed E-state index contributed by atoms with van der Waals surface area (Å²) < 4.78 is 4.87. The quantitative estimate of drug-likeness (QED) is 0.570. The van der Waals surface area contributed by atoms with Crippen molar-refractivity contribution < 1.29 is 19.4 Å². The van der Waals surface area contributed by atoms with Crippen LogP contribution in [0.3, 0.4) is 0 Å². The summed E-state index contributed by atoms with van der Waals surface area (Å²) in [5.74, 6) is -1.42. The molecule has 0 saturated heterocycles. The second-order valence-electron chi connectivity index (χ2n) is 4.19. The predicted octanol–water partition coefficient (Wildman–Crippen LogP) is 0.489. The van der Waals surface area contributed by atoms with Crippen LogP contribution in [0, 0.1) is 0 Å². The summed E-state index contributed by atoms with van der Waals surface area (Å²) in [6.07, 6.45) is 3.63. The number of pyridine rings is 1. The summed E-state index contributed by atoms with van der Waals surface area (Å²) in [6, 6.07) is 2.46. The van der Waals surface area contributed by atoms with Crippen molar-refractivity contribution in [3.8, 4) is 0 Å². The highest BCUT2D eigenvalue weighted by molar-refractivity contribution is 5.93. The van der Waals surface area contributed by atoms with Crippen LogP contribution in [0.1, 0.15) is 12.8 Å². The number of rotatable bonds is 9. The second-order valence-corrected chi connectivity index (χ2v) is 4.19. The van der Waals surface area contributed by atoms with E-state index in [9.17, 15) is 9.59 Å². The molecule has 1 atom stereocenters. The Kier molecular flexibility index (Phi) is 7.23. The van der Waals surface area contributed by atoms with Gasteiger partial charge in [0.25, 0.3) is 0 Å². The molecule has 0 unspecified atom stereocenters. The molecule has 1 heterocycles. The molecule has 110 valence electrons. The van der Waals surface area contributed by atoms with Gasteiger partial charge in [-0.05, 0) is 25.1 Å². The minimum Gasteiger partial charge on any atom is -0.480 e. The van der Waals surface area contributed by atoms with Gasteiger partial charge in [-0.15, -0.1) is 0 Å². The number of ether oxygens (including phenoxy) is 1. The standard InChI is InChI=1S/C13H19N3O4/c1-20-7-3-6-15-11(13(18)19)8-12(17)16-10-4-2-5-14-9-10/h2,4-5,9,11,15H,3,6-8H2,1H3,(H,16,17)(H,18,19)/t11-/m0/s1. The molecule has 1 aromatic heterocycles. The van der Waals surface area contributed by atoms with Gasteiger partial charge in [-0.3, -0.25) is 14.6 Å². The molecular formula is C13H19N3O4. The highest BCUT2D eigenvalue weighted by atomic mass is 16.5. The molecule has 7 nitrogen and oxygen atoms in total. The van der Waals surface area contributed by atoms with Gasteiger partial charge in [0.1, 0.15) is 6.04 Å². The van der Waals surface area contributed by atoms with Crippen molar-refractivity contribution in [1.29, 1.82) is 0 Å². The highest BCUT2D eigenvalue weighted by Crippen LogP contribution is 2.04. The zero-order valence-corrected chi connectivity index (χ0v) is 11.3. The molecule has 7 heteroatoms. The molecule has 0 aliphatic rings. The average Bonchev–Trinajstić information content (AvgIpc) is 2.43. The van der Waals surface area contributed by atoms with Crippen molar-refractivity contribution in [3.63, 3.8) is 0 Å². The zero-order chi connectivity index (χ0) is 14.8. The summed E-state index contributed by atoms with van der Waals surface area (Å²) >= 11 is 0. The summed E-state index contributed by atoms with van der Waals surface area (Å²) in [4.78, 5) is 26.7. The lowest BCUT2D eigenvalue weighted by Crippen LogP contribution is -2.40. The van der Waals surface area contributed by atoms with Crippen LogP contribution in [0.4, 0.5) is 5.69 Å². The number of nitrogens with zero attached hydrogens (tertiary/aromatic N) is 1. The van der Waals surface area contributed by atoms with Crippen molar-refractivity contribution in [3.05, 3.63) is 24.5 Å². The number of amides is 1. The van der Waals surface area contributed by atoms with Gasteiger partial charge in [0.2, 0.25) is 5.91 Å². The molecule has 0 aliphatic heterocycles. The second kappa shape index (κ2) is 9.00. The third-order valence-corrected chi connectivity index (χ3v) is 2.55. The van der Waals surface area contributed by atoms with Crippen LogP contribution in [0.25, 0.3) is 0 Å². The van der Waals surface area contributed by atoms with Crippen LogP contribution in [0.2, 0.25) is 0 Å². The molecule has 0 aliphatic carbocycles. The Morgan fingerprint density at radius 1 is 1.50 bits per heavy atom. The van der Waals surface area contributed by atoms with Crippen molar-refractivity contribution in [1.82, 2.24) is 10.3 Å². The van der Waals surface area contributed by atoms with E-state index < -0.39 is 12.0 Å². The first-order valence-electron chi connectivity index (χ1n) is 6.28. The van der Waals surface area contributed by atoms with Gasteiger partial charge in [0.05, 0.1) is 18.3 Å². The number of nitrogens with one attached hydrogen (secondary N) is 2. The van der Waals surface area contributed by atoms with E-state index in [-0.39, 0.29) is 12.3 Å². The third-order valence-electron chi connectivity index (χ3n) is 2.55. The Bertz CT molecular complexity index is 425. The van der Waals surface area contributed by atoms with Gasteiger partial charge in [-0.25, -0.2) is 0 Å². The number of aliphatic carboxylic acids is 1. The van der Waals surface area contributed by atoms with Crippen molar-refractivity contribution >= 4 is 17.6 Å². The van der Waals surface area contributed by atoms with E-state index >= 15 is 0 Å². The maximum atomic E-state index is 11.7. The van der Waals surface area contributed by atoms with E-state index in [1.54, 1.807) is 25.4 Å². The molecule has 1 amide bonds. The van der Waals surface area contributed by atoms with Crippen LogP contribution >= 0.6 is 0 Å². The Hall–Kier alpha value is -1.99. The van der Waals surface area contributed by atoms with Gasteiger partial charge in [0.15, 0.2) is 0 Å². The summed E-state index contributed by atoms with van der Waals surface area (Å²) in [5, 5.41) is 14.5. The Balaban J connectivity index is 2.40. The molecule has 0 aromatic carbocycles. The van der Waals surface area contributed by atoms with E-state index in [0.717, 1.165) is 0 Å². The summed E-state index contributed by atoms with van der Waals surface area (Å²) in [7, 11) is 1.58. The van der Waals surface area contributed by atoms with Crippen LogP contribution in [-0.2, 0) is 14.3 Å². The van der Waals surface area contributed by atoms with E-state index in [4.69, 9.17) is 9.84 Å². The predicted molar refractivity (Wildman–Crippen MR) is 73.4 cm³/mol. The molecule has 0 spiro atoms. The minimum absolute atomic E-state index is 0.142. The fraction of sp³-hybridized carbons (Fsp3) is 0.462. The Morgan fingerprint density at radius 2 is 2.30 bits per heavy atom. The van der Waals surface area contributed by atoms with Crippen molar-refractivity contribution in [2.24, 2.45) is 0 Å². The molecule has 1 aromatic rings. The lowest BCUT2D eigenvalue weighted by Gasteiger charge is -2.14. The third kappa shape index (κ3) is 6.26. The molecule has 3 N–H and O–H groups in total. The van der Waals surface area contributed by atoms with Gasteiger partial charge in [-0.1, -0.05) is 0 Å². The average molecular weight is 281 g/mol. The van der Waals surface area contributed by atoms with Gasteiger partial charge in [0, 0.05) is 19.9 Å². The van der Waals surface area contributed by atoms with E-state index in [2.05, 4.69) is 15.6 Å². The number of methoxy groups -OCH3 is 1. The molecular weight excluding hydrogens is 262 g/mol. The first-order chi connectivity index (χ1) is 9.63. The number of carbonyl (C=O) groups excluding carboxylic acids is 1. The van der Waals surface area contributed by atoms with E-state index in [1.165, 1.54) is 6.20 Å². The minimum atomic E-state index is -1.05. The topological polar surface area (TPSA) is 101 Å². The maximum absolute atomic E-state index is 11.7. The number of hydrogen-bond donors (Lipinski definition) is 3. The van der Waals surface area contributed by atoms with Gasteiger partial charge < -0.3 is 20.5 Å². The molecule has 0 fully saturated rings. The lowest BCUT2D eigenvalue weighted by atomic mass is 10.2. The zero-order valence-electron chi connectivity index (χ0n) is 11.3. The molecule has 0 bridgehead atoms. The van der Waals surface area contributed by atoms with Crippen molar-refractivity contribution in [2.75, 3.05) is 25.6 Å². The fourth-order valence-electron chi connectivity index (χ4n) is 1.57.